The van der Waals surface area contributed by atoms with Crippen molar-refractivity contribution in [2.24, 2.45) is 0 Å². The number of hydrogen-bond donors (Lipinski definition) is 1. The van der Waals surface area contributed by atoms with Crippen molar-refractivity contribution in [3.63, 3.8) is 0 Å². The highest BCUT2D eigenvalue weighted by Crippen LogP contribution is 2.31. The number of nitrogens with one attached hydrogen (secondary N) is 1. The minimum Gasteiger partial charge on any atom is -0.454 e. The minimum absolute atomic E-state index is 0.0634. The van der Waals surface area contributed by atoms with Crippen LogP contribution in [0.15, 0.2) is 42.5 Å². The number of alkyl halides is 2. The van der Waals surface area contributed by atoms with Crippen molar-refractivity contribution >= 4 is 23.1 Å². The van der Waals surface area contributed by atoms with E-state index in [9.17, 15) is 28.5 Å². The van der Waals surface area contributed by atoms with Gasteiger partial charge in [-0.2, -0.15) is 8.78 Å². The number of rotatable bonds is 9. The molecule has 3 rings (SSSR count). The maximum atomic E-state index is 12.2. The molecule has 0 unspecified atom stereocenters. The molecule has 0 amide bonds. The standard InChI is InChI=1S/C19H16F2N2O6/c20-19(21)29-14-6-1-11(2-7-14)17(24)10-28-18(25)12-3-8-15(22-13-4-5-13)16(9-12)23(26)27/h1-3,6-9,13,19,22H,4-5,10H2. The molecular weight excluding hydrogens is 390 g/mol. The van der Waals surface area contributed by atoms with E-state index in [1.54, 1.807) is 0 Å². The molecule has 1 N–H and O–H groups in total. The summed E-state index contributed by atoms with van der Waals surface area (Å²) < 4.78 is 33.4. The fraction of sp³-hybridized carbons (Fsp3) is 0.263. The molecule has 1 saturated carbocycles. The summed E-state index contributed by atoms with van der Waals surface area (Å²) in [5, 5.41) is 14.3. The van der Waals surface area contributed by atoms with Crippen LogP contribution in [0.1, 0.15) is 33.6 Å². The van der Waals surface area contributed by atoms with Crippen LogP contribution >= 0.6 is 0 Å². The second kappa shape index (κ2) is 8.63. The molecule has 152 valence electrons. The third-order valence-corrected chi connectivity index (χ3v) is 4.10. The molecule has 1 fully saturated rings. The van der Waals surface area contributed by atoms with Crippen LogP contribution in [0, 0.1) is 10.1 Å². The number of hydrogen-bond acceptors (Lipinski definition) is 7. The molecular formula is C19H16F2N2O6. The van der Waals surface area contributed by atoms with E-state index in [1.165, 1.54) is 36.4 Å². The maximum absolute atomic E-state index is 12.2. The predicted molar refractivity (Wildman–Crippen MR) is 97.4 cm³/mol. The lowest BCUT2D eigenvalue weighted by Crippen LogP contribution is -2.15. The number of benzene rings is 2. The Hall–Kier alpha value is -3.56. The molecule has 0 spiro atoms. The molecule has 0 bridgehead atoms. The Bertz CT molecular complexity index is 929. The van der Waals surface area contributed by atoms with E-state index in [0.29, 0.717) is 5.69 Å². The van der Waals surface area contributed by atoms with E-state index < -0.39 is 29.9 Å². The summed E-state index contributed by atoms with van der Waals surface area (Å²) in [5.74, 6) is -1.57. The molecule has 2 aromatic rings. The molecule has 0 aromatic heterocycles. The molecule has 10 heteroatoms. The van der Waals surface area contributed by atoms with Gasteiger partial charge in [-0.05, 0) is 49.2 Å². The van der Waals surface area contributed by atoms with Crippen LogP contribution in [0.4, 0.5) is 20.2 Å². The predicted octanol–water partition coefficient (Wildman–Crippen LogP) is 3.81. The molecule has 1 aliphatic carbocycles. The number of anilines is 1. The third-order valence-electron chi connectivity index (χ3n) is 4.10. The summed E-state index contributed by atoms with van der Waals surface area (Å²) in [6.07, 6.45) is 1.86. The average Bonchev–Trinajstić information content (AvgIpc) is 3.50. The van der Waals surface area contributed by atoms with Gasteiger partial charge in [0.1, 0.15) is 11.4 Å². The molecule has 0 heterocycles. The van der Waals surface area contributed by atoms with Crippen LogP contribution in [0.3, 0.4) is 0 Å². The summed E-state index contributed by atoms with van der Waals surface area (Å²) in [6, 6.07) is 8.99. The highest BCUT2D eigenvalue weighted by Gasteiger charge is 2.26. The van der Waals surface area contributed by atoms with Crippen LogP contribution in [0.5, 0.6) is 5.75 Å². The van der Waals surface area contributed by atoms with Crippen molar-refractivity contribution in [1.29, 1.82) is 0 Å². The van der Waals surface area contributed by atoms with Gasteiger partial charge in [0.15, 0.2) is 12.4 Å². The van der Waals surface area contributed by atoms with Crippen molar-refractivity contribution in [2.75, 3.05) is 11.9 Å². The molecule has 29 heavy (non-hydrogen) atoms. The van der Waals surface area contributed by atoms with Crippen molar-refractivity contribution in [2.45, 2.75) is 25.5 Å². The first-order chi connectivity index (χ1) is 13.8. The van der Waals surface area contributed by atoms with Gasteiger partial charge in [-0.3, -0.25) is 14.9 Å². The zero-order chi connectivity index (χ0) is 21.0. The van der Waals surface area contributed by atoms with Gasteiger partial charge in [0.25, 0.3) is 5.69 Å². The summed E-state index contributed by atoms with van der Waals surface area (Å²) >= 11 is 0. The number of esters is 1. The Morgan fingerprint density at radius 3 is 2.38 bits per heavy atom. The molecule has 0 saturated heterocycles. The van der Waals surface area contributed by atoms with Gasteiger partial charge in [0, 0.05) is 17.7 Å². The van der Waals surface area contributed by atoms with E-state index in [1.807, 2.05) is 0 Å². The lowest BCUT2D eigenvalue weighted by molar-refractivity contribution is -0.384. The molecule has 1 aliphatic rings. The minimum atomic E-state index is -2.98. The Balaban J connectivity index is 1.61. The highest BCUT2D eigenvalue weighted by molar-refractivity contribution is 5.99. The Labute approximate surface area is 163 Å². The Kier molecular flexibility index (Phi) is 6.01. The van der Waals surface area contributed by atoms with Crippen LogP contribution in [-0.2, 0) is 4.74 Å². The average molecular weight is 406 g/mol. The van der Waals surface area contributed by atoms with E-state index in [0.717, 1.165) is 18.9 Å². The molecule has 0 aliphatic heterocycles. The van der Waals surface area contributed by atoms with Crippen LogP contribution < -0.4 is 10.1 Å². The van der Waals surface area contributed by atoms with E-state index in [4.69, 9.17) is 4.74 Å². The fourth-order valence-corrected chi connectivity index (χ4v) is 2.50. The summed E-state index contributed by atoms with van der Waals surface area (Å²) in [6.45, 7) is -3.59. The summed E-state index contributed by atoms with van der Waals surface area (Å²) in [4.78, 5) is 34.9. The number of carbonyl (C=O) groups is 2. The SMILES string of the molecule is O=C(COC(=O)c1ccc(NC2CC2)c([N+](=O)[O-])c1)c1ccc(OC(F)F)cc1. The van der Waals surface area contributed by atoms with Gasteiger partial charge in [-0.1, -0.05) is 0 Å². The quantitative estimate of drug-likeness (QED) is 0.292. The first-order valence-electron chi connectivity index (χ1n) is 8.63. The number of nitrogens with zero attached hydrogens (tertiary/aromatic N) is 1. The molecule has 8 nitrogen and oxygen atoms in total. The Morgan fingerprint density at radius 2 is 1.79 bits per heavy atom. The fourth-order valence-electron chi connectivity index (χ4n) is 2.50. The molecule has 0 radical (unpaired) electrons. The zero-order valence-corrected chi connectivity index (χ0v) is 15.0. The molecule has 0 atom stereocenters. The van der Waals surface area contributed by atoms with Crippen molar-refractivity contribution < 1.29 is 32.8 Å². The van der Waals surface area contributed by atoms with Crippen molar-refractivity contribution in [3.05, 3.63) is 63.7 Å². The lowest BCUT2D eigenvalue weighted by atomic mass is 10.1. The number of ketones is 1. The van der Waals surface area contributed by atoms with Crippen molar-refractivity contribution in [3.8, 4) is 5.75 Å². The third kappa shape index (κ3) is 5.47. The first kappa shape index (κ1) is 20.2. The first-order valence-corrected chi connectivity index (χ1v) is 8.63. The number of ether oxygens (including phenoxy) is 2. The van der Waals surface area contributed by atoms with Crippen LogP contribution in [0.2, 0.25) is 0 Å². The number of nitro benzene ring substituents is 1. The number of Topliss-reactive ketones (excluding diaryl/α,β-unsaturated/α-hetero) is 1. The second-order valence-electron chi connectivity index (χ2n) is 6.31. The van der Waals surface area contributed by atoms with E-state index >= 15 is 0 Å². The van der Waals surface area contributed by atoms with Gasteiger partial charge in [0.05, 0.1) is 10.5 Å². The van der Waals surface area contributed by atoms with Gasteiger partial charge in [-0.25, -0.2) is 4.79 Å². The molecule has 2 aromatic carbocycles. The lowest BCUT2D eigenvalue weighted by Gasteiger charge is -2.08. The van der Waals surface area contributed by atoms with Crippen molar-refractivity contribution in [1.82, 2.24) is 0 Å². The monoisotopic (exact) mass is 406 g/mol. The normalized spacial score (nSPS) is 13.1. The second-order valence-corrected chi connectivity index (χ2v) is 6.31. The zero-order valence-electron chi connectivity index (χ0n) is 15.0. The topological polar surface area (TPSA) is 108 Å². The number of carbonyl (C=O) groups excluding carboxylic acids is 2. The van der Waals surface area contributed by atoms with Crippen LogP contribution in [-0.4, -0.2) is 35.9 Å². The summed E-state index contributed by atoms with van der Waals surface area (Å²) in [5.41, 5.74) is 0.129. The van der Waals surface area contributed by atoms with E-state index in [-0.39, 0.29) is 28.6 Å². The van der Waals surface area contributed by atoms with Gasteiger partial charge in [-0.15, -0.1) is 0 Å². The largest absolute Gasteiger partial charge is 0.454 e. The Morgan fingerprint density at radius 1 is 1.14 bits per heavy atom. The highest BCUT2D eigenvalue weighted by atomic mass is 19.3. The van der Waals surface area contributed by atoms with Crippen LogP contribution in [0.25, 0.3) is 0 Å². The van der Waals surface area contributed by atoms with E-state index in [2.05, 4.69) is 10.1 Å². The van der Waals surface area contributed by atoms with Gasteiger partial charge in [0.2, 0.25) is 0 Å². The summed E-state index contributed by atoms with van der Waals surface area (Å²) in [7, 11) is 0. The smallest absolute Gasteiger partial charge is 0.387 e. The number of nitro groups is 1. The van der Waals surface area contributed by atoms with Gasteiger partial charge >= 0.3 is 12.6 Å². The number of halogens is 2. The maximum Gasteiger partial charge on any atom is 0.387 e. The van der Waals surface area contributed by atoms with Gasteiger partial charge < -0.3 is 14.8 Å².